The lowest BCUT2D eigenvalue weighted by atomic mass is 9.98. The van der Waals surface area contributed by atoms with Gasteiger partial charge < -0.3 is 0 Å². The van der Waals surface area contributed by atoms with E-state index in [4.69, 9.17) is 11.6 Å². The third-order valence-corrected chi connectivity index (χ3v) is 2.98. The second-order valence-electron chi connectivity index (χ2n) is 4.03. The second kappa shape index (κ2) is 5.05. The van der Waals surface area contributed by atoms with Crippen molar-refractivity contribution in [1.82, 2.24) is 0 Å². The van der Waals surface area contributed by atoms with E-state index in [-0.39, 0.29) is 5.56 Å². The van der Waals surface area contributed by atoms with Crippen molar-refractivity contribution in [3.8, 4) is 0 Å². The fraction of sp³-hybridized carbons (Fsp3) is 0.0714. The first kappa shape index (κ1) is 13.6. The molecule has 0 aliphatic heterocycles. The van der Waals surface area contributed by atoms with E-state index >= 15 is 0 Å². The summed E-state index contributed by atoms with van der Waals surface area (Å²) in [5.74, 6) is -3.02. The highest BCUT2D eigenvalue weighted by atomic mass is 35.5. The normalized spacial score (nSPS) is 10.6. The van der Waals surface area contributed by atoms with Crippen LogP contribution in [0.15, 0.2) is 30.3 Å². The monoisotopic (exact) mass is 284 g/mol. The number of aryl methyl sites for hydroxylation is 1. The van der Waals surface area contributed by atoms with Crippen molar-refractivity contribution in [3.63, 3.8) is 0 Å². The van der Waals surface area contributed by atoms with Crippen molar-refractivity contribution in [1.29, 1.82) is 0 Å². The molecular formula is C14H8ClF3O. The van der Waals surface area contributed by atoms with E-state index in [0.717, 1.165) is 24.3 Å². The van der Waals surface area contributed by atoms with Gasteiger partial charge in [-0.1, -0.05) is 11.6 Å². The summed E-state index contributed by atoms with van der Waals surface area (Å²) in [4.78, 5) is 12.1. The van der Waals surface area contributed by atoms with Crippen LogP contribution in [0.5, 0.6) is 0 Å². The minimum atomic E-state index is -0.917. The van der Waals surface area contributed by atoms with Crippen LogP contribution in [-0.4, -0.2) is 5.78 Å². The summed E-state index contributed by atoms with van der Waals surface area (Å²) in [5.41, 5.74) is 0.0263. The van der Waals surface area contributed by atoms with Crippen molar-refractivity contribution < 1.29 is 18.0 Å². The lowest BCUT2D eigenvalue weighted by Gasteiger charge is -2.07. The van der Waals surface area contributed by atoms with Gasteiger partial charge in [0.25, 0.3) is 0 Å². The zero-order valence-corrected chi connectivity index (χ0v) is 10.6. The van der Waals surface area contributed by atoms with Gasteiger partial charge in [0.15, 0.2) is 5.78 Å². The number of ketones is 1. The van der Waals surface area contributed by atoms with Crippen molar-refractivity contribution in [2.24, 2.45) is 0 Å². The van der Waals surface area contributed by atoms with Crippen LogP contribution in [0.4, 0.5) is 13.2 Å². The molecule has 0 radical (unpaired) electrons. The molecule has 0 saturated heterocycles. The summed E-state index contributed by atoms with van der Waals surface area (Å²) in [7, 11) is 0. The molecular weight excluding hydrogens is 277 g/mol. The Hall–Kier alpha value is -1.81. The largest absolute Gasteiger partial charge is 0.288 e. The molecule has 0 N–H and O–H groups in total. The van der Waals surface area contributed by atoms with Crippen LogP contribution in [0, 0.1) is 24.4 Å². The first-order chi connectivity index (χ1) is 8.90. The first-order valence-corrected chi connectivity index (χ1v) is 5.73. The zero-order valence-electron chi connectivity index (χ0n) is 9.81. The summed E-state index contributed by atoms with van der Waals surface area (Å²) in [6.07, 6.45) is 0. The van der Waals surface area contributed by atoms with E-state index in [1.54, 1.807) is 0 Å². The van der Waals surface area contributed by atoms with Gasteiger partial charge in [0.2, 0.25) is 0 Å². The van der Waals surface area contributed by atoms with Crippen LogP contribution < -0.4 is 0 Å². The first-order valence-electron chi connectivity index (χ1n) is 5.35. The number of hydrogen-bond donors (Lipinski definition) is 0. The van der Waals surface area contributed by atoms with Crippen molar-refractivity contribution in [2.45, 2.75) is 6.92 Å². The Bertz CT molecular complexity index is 668. The third-order valence-electron chi connectivity index (χ3n) is 2.69. The van der Waals surface area contributed by atoms with Gasteiger partial charge in [-0.2, -0.15) is 0 Å². The summed E-state index contributed by atoms with van der Waals surface area (Å²) in [6, 6.07) is 4.95. The molecule has 19 heavy (non-hydrogen) atoms. The molecule has 2 aromatic rings. The van der Waals surface area contributed by atoms with Crippen LogP contribution in [0.25, 0.3) is 0 Å². The Morgan fingerprint density at radius 1 is 1.00 bits per heavy atom. The van der Waals surface area contributed by atoms with Gasteiger partial charge in [0.05, 0.1) is 10.6 Å². The molecule has 0 amide bonds. The molecule has 0 spiro atoms. The number of hydrogen-bond acceptors (Lipinski definition) is 1. The van der Waals surface area contributed by atoms with Crippen LogP contribution >= 0.6 is 11.6 Å². The Morgan fingerprint density at radius 3 is 2.32 bits per heavy atom. The molecule has 98 valence electrons. The number of rotatable bonds is 2. The van der Waals surface area contributed by atoms with Crippen molar-refractivity contribution >= 4 is 17.4 Å². The van der Waals surface area contributed by atoms with Gasteiger partial charge in [0, 0.05) is 5.56 Å². The molecule has 0 aliphatic carbocycles. The summed E-state index contributed by atoms with van der Waals surface area (Å²) in [6.45, 7) is 1.51. The Morgan fingerprint density at radius 2 is 1.68 bits per heavy atom. The molecule has 0 aromatic heterocycles. The number of carbonyl (C=O) groups is 1. The maximum atomic E-state index is 13.6. The van der Waals surface area contributed by atoms with Crippen LogP contribution in [0.3, 0.4) is 0 Å². The molecule has 0 bridgehead atoms. The average Bonchev–Trinajstić information content (AvgIpc) is 2.33. The van der Waals surface area contributed by atoms with Crippen molar-refractivity contribution in [2.75, 3.05) is 0 Å². The van der Waals surface area contributed by atoms with Crippen LogP contribution in [-0.2, 0) is 0 Å². The van der Waals surface area contributed by atoms with E-state index in [1.807, 2.05) is 0 Å². The highest BCUT2D eigenvalue weighted by Crippen LogP contribution is 2.23. The van der Waals surface area contributed by atoms with E-state index < -0.39 is 33.8 Å². The van der Waals surface area contributed by atoms with Crippen LogP contribution in [0.1, 0.15) is 21.5 Å². The van der Waals surface area contributed by atoms with Gasteiger partial charge in [0.1, 0.15) is 17.5 Å². The molecule has 1 nitrogen and oxygen atoms in total. The molecule has 0 fully saturated rings. The molecule has 5 heteroatoms. The van der Waals surface area contributed by atoms with E-state index in [0.29, 0.717) is 5.56 Å². The van der Waals surface area contributed by atoms with Crippen molar-refractivity contribution in [3.05, 3.63) is 69.5 Å². The quantitative estimate of drug-likeness (QED) is 0.594. The minimum absolute atomic E-state index is 0.113. The number of halogens is 4. The topological polar surface area (TPSA) is 17.1 Å². The maximum Gasteiger partial charge on any atom is 0.196 e. The lowest BCUT2D eigenvalue weighted by Crippen LogP contribution is -2.07. The average molecular weight is 285 g/mol. The number of carbonyl (C=O) groups excluding carboxylic acids is 1. The Balaban J connectivity index is 2.53. The van der Waals surface area contributed by atoms with E-state index in [2.05, 4.69) is 0 Å². The maximum absolute atomic E-state index is 13.6. The minimum Gasteiger partial charge on any atom is -0.288 e. The Labute approximate surface area is 112 Å². The van der Waals surface area contributed by atoms with Gasteiger partial charge in [-0.25, -0.2) is 13.2 Å². The van der Waals surface area contributed by atoms with Gasteiger partial charge in [-0.3, -0.25) is 4.79 Å². The van der Waals surface area contributed by atoms with Gasteiger partial charge >= 0.3 is 0 Å². The molecule has 0 unspecified atom stereocenters. The zero-order chi connectivity index (χ0) is 14.2. The standard InChI is InChI=1S/C14H8ClF3O/c1-7-4-8(16)2-3-9(7)14(19)10-5-13(18)11(15)6-12(10)17/h2-6H,1H3. The second-order valence-corrected chi connectivity index (χ2v) is 4.44. The lowest BCUT2D eigenvalue weighted by molar-refractivity contribution is 0.103. The molecule has 2 rings (SSSR count). The fourth-order valence-electron chi connectivity index (χ4n) is 1.72. The van der Waals surface area contributed by atoms with Gasteiger partial charge in [-0.15, -0.1) is 0 Å². The molecule has 0 aliphatic rings. The molecule has 0 atom stereocenters. The third kappa shape index (κ3) is 2.63. The summed E-state index contributed by atoms with van der Waals surface area (Å²) >= 11 is 5.41. The summed E-state index contributed by atoms with van der Waals surface area (Å²) < 4.78 is 39.9. The Kier molecular flexibility index (Phi) is 3.62. The molecule has 2 aromatic carbocycles. The summed E-state index contributed by atoms with van der Waals surface area (Å²) in [5, 5.41) is -0.398. The highest BCUT2D eigenvalue weighted by Gasteiger charge is 2.18. The predicted molar refractivity (Wildman–Crippen MR) is 65.9 cm³/mol. The van der Waals surface area contributed by atoms with E-state index in [1.165, 1.54) is 13.0 Å². The molecule has 0 saturated carbocycles. The SMILES string of the molecule is Cc1cc(F)ccc1C(=O)c1cc(F)c(Cl)cc1F. The predicted octanol–water partition coefficient (Wildman–Crippen LogP) is 4.30. The highest BCUT2D eigenvalue weighted by molar-refractivity contribution is 6.30. The van der Waals surface area contributed by atoms with Crippen LogP contribution in [0.2, 0.25) is 5.02 Å². The fourth-order valence-corrected chi connectivity index (χ4v) is 1.87. The smallest absolute Gasteiger partial charge is 0.196 e. The van der Waals surface area contributed by atoms with E-state index in [9.17, 15) is 18.0 Å². The molecule has 0 heterocycles. The number of benzene rings is 2. The van der Waals surface area contributed by atoms with Gasteiger partial charge in [-0.05, 0) is 42.8 Å².